The monoisotopic (exact) mass is 375 g/mol. The molecule has 0 spiro atoms. The van der Waals surface area contributed by atoms with Gasteiger partial charge in [0.15, 0.2) is 0 Å². The molecule has 0 aromatic heterocycles. The molecular weight excluding hydrogens is 354 g/mol. The maximum Gasteiger partial charge on any atom is 0.247 e. The molecule has 0 N–H and O–H groups in total. The highest BCUT2D eigenvalue weighted by Crippen LogP contribution is 2.33. The zero-order valence-electron chi connectivity index (χ0n) is 12.5. The number of nitrogens with zero attached hydrogens (tertiary/aromatic N) is 1. The number of ether oxygens (including phenoxy) is 1. The average molecular weight is 376 g/mol. The van der Waals surface area contributed by atoms with Gasteiger partial charge in [0.05, 0.1) is 6.61 Å². The third-order valence-electron chi connectivity index (χ3n) is 3.84. The fourth-order valence-corrected chi connectivity index (χ4v) is 5.22. The van der Waals surface area contributed by atoms with Crippen molar-refractivity contribution in [2.45, 2.75) is 50.5 Å². The molecule has 1 fully saturated rings. The summed E-state index contributed by atoms with van der Waals surface area (Å²) in [7, 11) is -3.52. The third kappa shape index (κ3) is 3.60. The van der Waals surface area contributed by atoms with E-state index in [4.69, 9.17) is 4.74 Å². The highest BCUT2D eigenvalue weighted by Gasteiger charge is 2.34. The van der Waals surface area contributed by atoms with Crippen LogP contribution in [0.3, 0.4) is 0 Å². The van der Waals surface area contributed by atoms with E-state index in [9.17, 15) is 8.42 Å². The van der Waals surface area contributed by atoms with Gasteiger partial charge in [0.2, 0.25) is 10.0 Å². The number of benzene rings is 1. The van der Waals surface area contributed by atoms with Gasteiger partial charge >= 0.3 is 0 Å². The maximum absolute atomic E-state index is 13.0. The van der Waals surface area contributed by atoms with Crippen LogP contribution in [0.5, 0.6) is 5.75 Å². The SMILES string of the molecule is CCOc1ccc(Br)cc1S(=O)(=O)N1CCCC[C@@H]1CC. The molecule has 1 atom stereocenters. The third-order valence-corrected chi connectivity index (χ3v) is 6.30. The van der Waals surface area contributed by atoms with Crippen LogP contribution in [0.4, 0.5) is 0 Å². The van der Waals surface area contributed by atoms with Crippen molar-refractivity contribution < 1.29 is 13.2 Å². The van der Waals surface area contributed by atoms with Crippen LogP contribution < -0.4 is 4.74 Å². The molecule has 118 valence electrons. The van der Waals surface area contributed by atoms with Gasteiger partial charge in [-0.3, -0.25) is 0 Å². The van der Waals surface area contributed by atoms with Crippen molar-refractivity contribution >= 4 is 26.0 Å². The average Bonchev–Trinajstić information content (AvgIpc) is 2.49. The van der Waals surface area contributed by atoms with Gasteiger partial charge in [0.25, 0.3) is 0 Å². The lowest BCUT2D eigenvalue weighted by Crippen LogP contribution is -2.43. The van der Waals surface area contributed by atoms with Gasteiger partial charge in [0.1, 0.15) is 10.6 Å². The number of hydrogen-bond donors (Lipinski definition) is 0. The van der Waals surface area contributed by atoms with E-state index in [1.807, 2.05) is 13.8 Å². The molecule has 1 aromatic carbocycles. The van der Waals surface area contributed by atoms with Gasteiger partial charge in [-0.05, 0) is 44.4 Å². The molecule has 1 aliphatic heterocycles. The molecule has 1 aromatic rings. The summed E-state index contributed by atoms with van der Waals surface area (Å²) in [6.07, 6.45) is 3.81. The summed E-state index contributed by atoms with van der Waals surface area (Å²) in [5.41, 5.74) is 0. The second-order valence-corrected chi connectivity index (χ2v) is 7.97. The predicted molar refractivity (Wildman–Crippen MR) is 87.1 cm³/mol. The summed E-state index contributed by atoms with van der Waals surface area (Å²) in [6.45, 7) is 4.94. The Labute approximate surface area is 135 Å². The number of rotatable bonds is 5. The summed E-state index contributed by atoms with van der Waals surface area (Å²) in [5, 5.41) is 0. The number of halogens is 1. The standard InChI is InChI=1S/C15H22BrNO3S/c1-3-13-7-5-6-10-17(13)21(18,19)15-11-12(16)8-9-14(15)20-4-2/h8-9,11,13H,3-7,10H2,1-2H3/t13-/m0/s1. The van der Waals surface area contributed by atoms with E-state index in [-0.39, 0.29) is 10.9 Å². The number of sulfonamides is 1. The minimum atomic E-state index is -3.52. The first-order chi connectivity index (χ1) is 10.0. The van der Waals surface area contributed by atoms with Crippen LogP contribution in [0.1, 0.15) is 39.5 Å². The summed E-state index contributed by atoms with van der Waals surface area (Å²) in [5.74, 6) is 0.432. The molecule has 0 amide bonds. The summed E-state index contributed by atoms with van der Waals surface area (Å²) < 4.78 is 34.0. The Morgan fingerprint density at radius 2 is 2.10 bits per heavy atom. The minimum absolute atomic E-state index is 0.0946. The molecule has 0 radical (unpaired) electrons. The number of piperidine rings is 1. The van der Waals surface area contributed by atoms with Crippen molar-refractivity contribution in [3.05, 3.63) is 22.7 Å². The molecule has 6 heteroatoms. The zero-order valence-corrected chi connectivity index (χ0v) is 14.9. The fraction of sp³-hybridized carbons (Fsp3) is 0.600. The first-order valence-electron chi connectivity index (χ1n) is 7.44. The normalized spacial score (nSPS) is 20.4. The fourth-order valence-electron chi connectivity index (χ4n) is 2.78. The molecule has 1 aliphatic rings. The molecule has 1 heterocycles. The predicted octanol–water partition coefficient (Wildman–Crippen LogP) is 3.80. The Morgan fingerprint density at radius 1 is 1.33 bits per heavy atom. The van der Waals surface area contributed by atoms with E-state index in [1.165, 1.54) is 0 Å². The van der Waals surface area contributed by atoms with E-state index in [2.05, 4.69) is 15.9 Å². The van der Waals surface area contributed by atoms with Crippen LogP contribution in [0.15, 0.2) is 27.6 Å². The highest BCUT2D eigenvalue weighted by molar-refractivity contribution is 9.10. The van der Waals surface area contributed by atoms with Crippen molar-refractivity contribution in [2.24, 2.45) is 0 Å². The van der Waals surface area contributed by atoms with Crippen LogP contribution in [0, 0.1) is 0 Å². The van der Waals surface area contributed by atoms with Crippen molar-refractivity contribution in [2.75, 3.05) is 13.2 Å². The molecule has 0 bridgehead atoms. The van der Waals surface area contributed by atoms with Gasteiger partial charge in [-0.15, -0.1) is 0 Å². The van der Waals surface area contributed by atoms with Gasteiger partial charge in [0, 0.05) is 17.1 Å². The maximum atomic E-state index is 13.0. The molecule has 0 saturated carbocycles. The molecule has 21 heavy (non-hydrogen) atoms. The van der Waals surface area contributed by atoms with Crippen molar-refractivity contribution in [1.82, 2.24) is 4.31 Å². The van der Waals surface area contributed by atoms with Crippen molar-refractivity contribution in [3.63, 3.8) is 0 Å². The van der Waals surface area contributed by atoms with E-state index in [0.717, 1.165) is 30.2 Å². The Kier molecular flexibility index (Phi) is 5.68. The molecule has 2 rings (SSSR count). The van der Waals surface area contributed by atoms with E-state index >= 15 is 0 Å². The quantitative estimate of drug-likeness (QED) is 0.785. The minimum Gasteiger partial charge on any atom is -0.492 e. The van der Waals surface area contributed by atoms with Gasteiger partial charge < -0.3 is 4.74 Å². The van der Waals surface area contributed by atoms with Crippen LogP contribution in [-0.4, -0.2) is 31.9 Å². The van der Waals surface area contributed by atoms with E-state index < -0.39 is 10.0 Å². The topological polar surface area (TPSA) is 46.6 Å². The van der Waals surface area contributed by atoms with Gasteiger partial charge in [-0.2, -0.15) is 4.31 Å². The van der Waals surface area contributed by atoms with Crippen LogP contribution >= 0.6 is 15.9 Å². The van der Waals surface area contributed by atoms with E-state index in [0.29, 0.717) is 18.9 Å². The van der Waals surface area contributed by atoms with E-state index in [1.54, 1.807) is 22.5 Å². The van der Waals surface area contributed by atoms with Crippen LogP contribution in [0.25, 0.3) is 0 Å². The smallest absolute Gasteiger partial charge is 0.247 e. The second-order valence-electron chi connectivity index (χ2n) is 5.20. The second kappa shape index (κ2) is 7.11. The van der Waals surface area contributed by atoms with Gasteiger partial charge in [-0.25, -0.2) is 8.42 Å². The first kappa shape index (κ1) is 16.8. The lowest BCUT2D eigenvalue weighted by molar-refractivity contribution is 0.245. The molecule has 0 unspecified atom stereocenters. The lowest BCUT2D eigenvalue weighted by atomic mass is 10.0. The first-order valence-corrected chi connectivity index (χ1v) is 9.68. The zero-order chi connectivity index (χ0) is 15.5. The van der Waals surface area contributed by atoms with Crippen molar-refractivity contribution in [3.8, 4) is 5.75 Å². The lowest BCUT2D eigenvalue weighted by Gasteiger charge is -2.34. The Morgan fingerprint density at radius 3 is 2.76 bits per heavy atom. The van der Waals surface area contributed by atoms with Crippen LogP contribution in [-0.2, 0) is 10.0 Å². The Balaban J connectivity index is 2.45. The molecule has 4 nitrogen and oxygen atoms in total. The summed E-state index contributed by atoms with van der Waals surface area (Å²) >= 11 is 3.36. The largest absolute Gasteiger partial charge is 0.492 e. The Hall–Kier alpha value is -0.590. The van der Waals surface area contributed by atoms with Gasteiger partial charge in [-0.1, -0.05) is 29.3 Å². The molecule has 0 aliphatic carbocycles. The summed E-state index contributed by atoms with van der Waals surface area (Å²) in [6, 6.07) is 5.25. The van der Waals surface area contributed by atoms with Crippen molar-refractivity contribution in [1.29, 1.82) is 0 Å². The number of hydrogen-bond acceptors (Lipinski definition) is 3. The van der Waals surface area contributed by atoms with Crippen LogP contribution in [0.2, 0.25) is 0 Å². The molecule has 1 saturated heterocycles. The highest BCUT2D eigenvalue weighted by atomic mass is 79.9. The summed E-state index contributed by atoms with van der Waals surface area (Å²) in [4.78, 5) is 0.263. The molecular formula is C15H22BrNO3S. The Bertz CT molecular complexity index is 589.